The predicted octanol–water partition coefficient (Wildman–Crippen LogP) is 3.29. The molecule has 0 spiro atoms. The molecule has 1 amide bonds. The molecule has 6 nitrogen and oxygen atoms in total. The normalized spacial score (nSPS) is 16.0. The van der Waals surface area contributed by atoms with E-state index in [2.05, 4.69) is 15.3 Å². The number of nitrogens with one attached hydrogen (secondary N) is 1. The second-order valence-electron chi connectivity index (χ2n) is 6.21. The summed E-state index contributed by atoms with van der Waals surface area (Å²) in [6.07, 6.45) is 9.60. The van der Waals surface area contributed by atoms with Gasteiger partial charge >= 0.3 is 0 Å². The van der Waals surface area contributed by atoms with Gasteiger partial charge in [0.05, 0.1) is 6.20 Å². The van der Waals surface area contributed by atoms with Gasteiger partial charge in [-0.15, -0.1) is 0 Å². The van der Waals surface area contributed by atoms with Crippen LogP contribution in [0.5, 0.6) is 0 Å². The number of sulfone groups is 1. The third kappa shape index (κ3) is 4.53. The fourth-order valence-corrected chi connectivity index (χ4v) is 4.00. The van der Waals surface area contributed by atoms with E-state index in [0.29, 0.717) is 11.1 Å². The average Bonchev–Trinajstić information content (AvgIpc) is 3.23. The molecule has 1 aliphatic carbocycles. The van der Waals surface area contributed by atoms with Crippen LogP contribution in [0.4, 0.5) is 9.52 Å². The van der Waals surface area contributed by atoms with Crippen molar-refractivity contribution >= 4 is 37.8 Å². The molecule has 0 radical (unpaired) electrons. The minimum atomic E-state index is -3.41. The number of carbonyl (C=O) groups is 1. The molecule has 1 aliphatic rings. The molecule has 0 aromatic carbocycles. The highest BCUT2D eigenvalue weighted by molar-refractivity contribution is 7.90. The first kappa shape index (κ1) is 18.7. The van der Waals surface area contributed by atoms with Crippen LogP contribution in [0, 0.1) is 11.0 Å². The minimum absolute atomic E-state index is 0.0520. The van der Waals surface area contributed by atoms with E-state index in [-0.39, 0.29) is 16.1 Å². The SMILES string of the molecule is CS(=O)(=O)c1ccc(/C(=C\C2CCCC2)C(=O)Nc2ncc(F)s2)cn1. The number of carbonyl (C=O) groups excluding carboxylic acids is 1. The van der Waals surface area contributed by atoms with Crippen molar-refractivity contribution in [2.75, 3.05) is 11.6 Å². The second kappa shape index (κ2) is 7.63. The third-order valence-electron chi connectivity index (χ3n) is 4.17. The van der Waals surface area contributed by atoms with E-state index in [1.54, 1.807) is 6.07 Å². The number of amides is 1. The van der Waals surface area contributed by atoms with Gasteiger partial charge in [-0.25, -0.2) is 18.4 Å². The Kier molecular flexibility index (Phi) is 5.47. The van der Waals surface area contributed by atoms with Gasteiger partial charge in [0.15, 0.2) is 25.1 Å². The number of hydrogen-bond donors (Lipinski definition) is 1. The Balaban J connectivity index is 1.91. The maximum atomic E-state index is 13.1. The molecule has 0 saturated heterocycles. The van der Waals surface area contributed by atoms with Gasteiger partial charge in [-0.3, -0.25) is 10.1 Å². The van der Waals surface area contributed by atoms with Crippen molar-refractivity contribution in [3.63, 3.8) is 0 Å². The molecule has 26 heavy (non-hydrogen) atoms. The molecule has 138 valence electrons. The molecule has 2 aromatic heterocycles. The number of thiazole rings is 1. The van der Waals surface area contributed by atoms with Crippen LogP contribution in [0.1, 0.15) is 31.2 Å². The first-order chi connectivity index (χ1) is 12.3. The standard InChI is InChI=1S/C17H18FN3O3S2/c1-26(23,24)15-7-6-12(9-19-15)13(8-11-4-2-3-5-11)16(22)21-17-20-10-14(18)25-17/h6-11H,2-5H2,1H3,(H,20,21,22)/b13-8+. The Bertz CT molecular complexity index is 930. The van der Waals surface area contributed by atoms with Crippen molar-refractivity contribution in [1.29, 1.82) is 0 Å². The molecule has 9 heteroatoms. The van der Waals surface area contributed by atoms with E-state index >= 15 is 0 Å². The lowest BCUT2D eigenvalue weighted by molar-refractivity contribution is -0.111. The van der Waals surface area contributed by atoms with Gasteiger partial charge in [0, 0.05) is 23.6 Å². The van der Waals surface area contributed by atoms with Crippen molar-refractivity contribution in [2.24, 2.45) is 5.92 Å². The number of pyridine rings is 1. The van der Waals surface area contributed by atoms with Crippen molar-refractivity contribution in [3.05, 3.63) is 41.3 Å². The van der Waals surface area contributed by atoms with E-state index in [1.807, 2.05) is 6.08 Å². The van der Waals surface area contributed by atoms with Crippen molar-refractivity contribution in [1.82, 2.24) is 9.97 Å². The topological polar surface area (TPSA) is 89.0 Å². The number of nitrogens with zero attached hydrogens (tertiary/aromatic N) is 2. The third-order valence-corrected chi connectivity index (χ3v) is 5.87. The Morgan fingerprint density at radius 1 is 1.27 bits per heavy atom. The van der Waals surface area contributed by atoms with Gasteiger partial charge in [0.2, 0.25) is 0 Å². The number of halogens is 1. The van der Waals surface area contributed by atoms with Crippen LogP contribution in [0.25, 0.3) is 5.57 Å². The fourth-order valence-electron chi connectivity index (χ4n) is 2.90. The number of anilines is 1. The summed E-state index contributed by atoms with van der Waals surface area (Å²) >= 11 is 0.745. The lowest BCUT2D eigenvalue weighted by Gasteiger charge is -2.11. The van der Waals surface area contributed by atoms with E-state index in [0.717, 1.165) is 49.5 Å². The van der Waals surface area contributed by atoms with Crippen molar-refractivity contribution in [2.45, 2.75) is 30.7 Å². The quantitative estimate of drug-likeness (QED) is 0.785. The lowest BCUT2D eigenvalue weighted by atomic mass is 9.99. The molecule has 2 aromatic rings. The molecule has 1 fully saturated rings. The van der Waals surface area contributed by atoms with Crippen LogP contribution in [0.2, 0.25) is 0 Å². The van der Waals surface area contributed by atoms with Crippen LogP contribution in [-0.2, 0) is 14.6 Å². The van der Waals surface area contributed by atoms with Gasteiger partial charge in [-0.1, -0.05) is 30.3 Å². The summed E-state index contributed by atoms with van der Waals surface area (Å²) in [5.41, 5.74) is 0.902. The first-order valence-corrected chi connectivity index (χ1v) is 10.8. The van der Waals surface area contributed by atoms with Gasteiger partial charge in [-0.05, 0) is 30.9 Å². The van der Waals surface area contributed by atoms with Crippen LogP contribution in [0.15, 0.2) is 35.6 Å². The summed E-state index contributed by atoms with van der Waals surface area (Å²) in [6.45, 7) is 0. The maximum Gasteiger partial charge on any atom is 0.257 e. The van der Waals surface area contributed by atoms with Crippen molar-refractivity contribution in [3.8, 4) is 0 Å². The zero-order valence-electron chi connectivity index (χ0n) is 14.1. The summed E-state index contributed by atoms with van der Waals surface area (Å²) in [5.74, 6) is -0.140. The highest BCUT2D eigenvalue weighted by Gasteiger charge is 2.20. The molecule has 2 heterocycles. The Morgan fingerprint density at radius 2 is 2.00 bits per heavy atom. The zero-order valence-corrected chi connectivity index (χ0v) is 15.7. The van der Waals surface area contributed by atoms with Crippen LogP contribution in [0.3, 0.4) is 0 Å². The molecule has 0 atom stereocenters. The number of allylic oxidation sites excluding steroid dienone is 1. The summed E-state index contributed by atoms with van der Waals surface area (Å²) in [6, 6.07) is 2.94. The van der Waals surface area contributed by atoms with Gasteiger partial charge < -0.3 is 0 Å². The Morgan fingerprint density at radius 3 is 2.54 bits per heavy atom. The molecule has 1 saturated carbocycles. The number of aromatic nitrogens is 2. The first-order valence-electron chi connectivity index (χ1n) is 8.14. The summed E-state index contributed by atoms with van der Waals surface area (Å²) in [7, 11) is -3.41. The molecule has 0 aliphatic heterocycles. The highest BCUT2D eigenvalue weighted by Crippen LogP contribution is 2.30. The van der Waals surface area contributed by atoms with E-state index in [4.69, 9.17) is 0 Å². The average molecular weight is 395 g/mol. The number of hydrogen-bond acceptors (Lipinski definition) is 6. The van der Waals surface area contributed by atoms with Gasteiger partial charge in [-0.2, -0.15) is 4.39 Å². The Labute approximate surface area is 155 Å². The number of rotatable bonds is 5. The molecular weight excluding hydrogens is 377 g/mol. The second-order valence-corrected chi connectivity index (χ2v) is 9.15. The van der Waals surface area contributed by atoms with Gasteiger partial charge in [0.25, 0.3) is 5.91 Å². The lowest BCUT2D eigenvalue weighted by Crippen LogP contribution is -2.15. The molecule has 3 rings (SSSR count). The van der Waals surface area contributed by atoms with E-state index in [1.165, 1.54) is 12.3 Å². The largest absolute Gasteiger partial charge is 0.298 e. The molecule has 1 N–H and O–H groups in total. The summed E-state index contributed by atoms with van der Waals surface area (Å²) in [5, 5.41) is 2.23. The Hall–Kier alpha value is -2.13. The van der Waals surface area contributed by atoms with E-state index in [9.17, 15) is 17.6 Å². The monoisotopic (exact) mass is 395 g/mol. The molecule has 0 unspecified atom stereocenters. The molecular formula is C17H18FN3O3S2. The smallest absolute Gasteiger partial charge is 0.257 e. The van der Waals surface area contributed by atoms with Crippen LogP contribution < -0.4 is 5.32 Å². The zero-order chi connectivity index (χ0) is 18.7. The summed E-state index contributed by atoms with van der Waals surface area (Å²) < 4.78 is 36.3. The predicted molar refractivity (Wildman–Crippen MR) is 98.0 cm³/mol. The van der Waals surface area contributed by atoms with Crippen LogP contribution in [-0.4, -0.2) is 30.5 Å². The van der Waals surface area contributed by atoms with E-state index < -0.39 is 20.9 Å². The minimum Gasteiger partial charge on any atom is -0.298 e. The highest BCUT2D eigenvalue weighted by atomic mass is 32.2. The maximum absolute atomic E-state index is 13.1. The van der Waals surface area contributed by atoms with Crippen LogP contribution >= 0.6 is 11.3 Å². The van der Waals surface area contributed by atoms with Crippen molar-refractivity contribution < 1.29 is 17.6 Å². The van der Waals surface area contributed by atoms with Gasteiger partial charge in [0.1, 0.15) is 0 Å². The molecule has 0 bridgehead atoms. The fraction of sp³-hybridized carbons (Fsp3) is 0.353. The summed E-state index contributed by atoms with van der Waals surface area (Å²) in [4.78, 5) is 20.5.